The second-order valence-electron chi connectivity index (χ2n) is 5.09. The first-order valence-corrected chi connectivity index (χ1v) is 7.12. The second-order valence-corrected chi connectivity index (χ2v) is 5.09. The van der Waals surface area contributed by atoms with Crippen LogP contribution in [0.15, 0.2) is 49.0 Å². The van der Waals surface area contributed by atoms with Crippen LogP contribution < -0.4 is 0 Å². The largest absolute Gasteiger partial charge is 0.337 e. The van der Waals surface area contributed by atoms with E-state index in [1.54, 1.807) is 35.4 Å². The second kappa shape index (κ2) is 7.32. The fourth-order valence-electron chi connectivity index (χ4n) is 2.39. The van der Waals surface area contributed by atoms with Crippen molar-refractivity contribution >= 4 is 11.5 Å². The van der Waals surface area contributed by atoms with Gasteiger partial charge in [-0.3, -0.25) is 4.79 Å². The van der Waals surface area contributed by atoms with Gasteiger partial charge in [0, 0.05) is 24.9 Å². The van der Waals surface area contributed by atoms with Crippen molar-refractivity contribution in [3.05, 3.63) is 54.7 Å². The molecular formula is C17H18N4O. The van der Waals surface area contributed by atoms with E-state index in [4.69, 9.17) is 5.26 Å². The van der Waals surface area contributed by atoms with E-state index in [0.717, 1.165) is 12.0 Å². The lowest BCUT2D eigenvalue weighted by Crippen LogP contribution is -2.30. The summed E-state index contributed by atoms with van der Waals surface area (Å²) in [6.07, 6.45) is 8.94. The molecule has 1 aliphatic rings. The summed E-state index contributed by atoms with van der Waals surface area (Å²) in [6.45, 7) is 6.60. The van der Waals surface area contributed by atoms with Gasteiger partial charge in [-0.15, -0.1) is 0 Å². The highest BCUT2D eigenvalue weighted by molar-refractivity contribution is 6.03. The highest BCUT2D eigenvalue weighted by Crippen LogP contribution is 2.23. The number of aromatic nitrogens is 2. The summed E-state index contributed by atoms with van der Waals surface area (Å²) >= 11 is 0. The first-order chi connectivity index (χ1) is 10.7. The summed E-state index contributed by atoms with van der Waals surface area (Å²) in [4.78, 5) is 22.6. The molecule has 1 unspecified atom stereocenters. The van der Waals surface area contributed by atoms with E-state index in [1.165, 1.54) is 6.33 Å². The molecule has 1 aromatic rings. The van der Waals surface area contributed by atoms with Gasteiger partial charge in [0.05, 0.1) is 17.7 Å². The van der Waals surface area contributed by atoms with Crippen LogP contribution in [0.3, 0.4) is 0 Å². The molecule has 0 aromatic carbocycles. The maximum atomic E-state index is 12.8. The lowest BCUT2D eigenvalue weighted by Gasteiger charge is -2.18. The van der Waals surface area contributed by atoms with Crippen molar-refractivity contribution in [3.63, 3.8) is 0 Å². The zero-order chi connectivity index (χ0) is 15.9. The summed E-state index contributed by atoms with van der Waals surface area (Å²) in [6, 6.07) is 4.00. The zero-order valence-electron chi connectivity index (χ0n) is 12.6. The molecule has 1 saturated heterocycles. The molecule has 5 heteroatoms. The first kappa shape index (κ1) is 15.6. The average molecular weight is 294 g/mol. The molecule has 1 amide bonds. The third kappa shape index (κ3) is 3.47. The Balaban J connectivity index is 2.34. The monoisotopic (exact) mass is 294 g/mol. The van der Waals surface area contributed by atoms with Gasteiger partial charge in [-0.25, -0.2) is 9.97 Å². The number of allylic oxidation sites excluding steroid dienone is 3. The summed E-state index contributed by atoms with van der Waals surface area (Å²) in [5, 5.41) is 8.99. The Morgan fingerprint density at radius 1 is 1.59 bits per heavy atom. The third-order valence-corrected chi connectivity index (χ3v) is 3.66. The fourth-order valence-corrected chi connectivity index (χ4v) is 2.39. The van der Waals surface area contributed by atoms with Crippen LogP contribution in [0.1, 0.15) is 19.0 Å². The normalized spacial score (nSPS) is 18.9. The van der Waals surface area contributed by atoms with E-state index >= 15 is 0 Å². The molecule has 0 aliphatic carbocycles. The molecule has 0 N–H and O–H groups in total. The number of nitrogens with zero attached hydrogens (tertiary/aromatic N) is 4. The van der Waals surface area contributed by atoms with Crippen LogP contribution >= 0.6 is 0 Å². The lowest BCUT2D eigenvalue weighted by atomic mass is 10.0. The quantitative estimate of drug-likeness (QED) is 0.631. The van der Waals surface area contributed by atoms with Gasteiger partial charge in [-0.05, 0) is 31.1 Å². The van der Waals surface area contributed by atoms with E-state index in [-0.39, 0.29) is 11.8 Å². The minimum Gasteiger partial charge on any atom is -0.337 e. The minimum absolute atomic E-state index is 0.0760. The number of hydrogen-bond acceptors (Lipinski definition) is 4. The molecule has 1 atom stereocenters. The van der Waals surface area contributed by atoms with Gasteiger partial charge in [0.1, 0.15) is 6.33 Å². The highest BCUT2D eigenvalue weighted by Gasteiger charge is 2.28. The van der Waals surface area contributed by atoms with Crippen LogP contribution in [0, 0.1) is 17.2 Å². The predicted octanol–water partition coefficient (Wildman–Crippen LogP) is 2.36. The molecule has 22 heavy (non-hydrogen) atoms. The smallest absolute Gasteiger partial charge is 0.254 e. The van der Waals surface area contributed by atoms with E-state index in [9.17, 15) is 4.79 Å². The number of rotatable bonds is 4. The van der Waals surface area contributed by atoms with Crippen molar-refractivity contribution in [1.82, 2.24) is 14.9 Å². The summed E-state index contributed by atoms with van der Waals surface area (Å²) < 4.78 is 0. The van der Waals surface area contributed by atoms with Crippen molar-refractivity contribution in [2.24, 2.45) is 5.92 Å². The molecule has 1 aromatic heterocycles. The number of carbonyl (C=O) groups excluding carboxylic acids is 1. The van der Waals surface area contributed by atoms with E-state index in [0.29, 0.717) is 24.4 Å². The standard InChI is InChI=1S/C17H18N4O/c1-3-4-5-15(13(2)16-6-8-19-12-20-16)17(22)21-9-7-14(10-18)11-21/h3-6,8,12,14H,1,7,9,11H2,2H3/b5-4-,15-13-. The van der Waals surface area contributed by atoms with Gasteiger partial charge < -0.3 is 4.90 Å². The summed E-state index contributed by atoms with van der Waals surface area (Å²) in [7, 11) is 0. The highest BCUT2D eigenvalue weighted by atomic mass is 16.2. The molecule has 2 heterocycles. The molecule has 112 valence electrons. The van der Waals surface area contributed by atoms with Crippen molar-refractivity contribution < 1.29 is 4.79 Å². The number of likely N-dealkylation sites (tertiary alicyclic amines) is 1. The van der Waals surface area contributed by atoms with Gasteiger partial charge in [-0.2, -0.15) is 5.26 Å². The Morgan fingerprint density at radius 2 is 2.41 bits per heavy atom. The van der Waals surface area contributed by atoms with Gasteiger partial charge in [0.15, 0.2) is 0 Å². The number of amides is 1. The molecule has 0 bridgehead atoms. The Morgan fingerprint density at radius 3 is 3.00 bits per heavy atom. The van der Waals surface area contributed by atoms with E-state index in [1.807, 2.05) is 6.92 Å². The predicted molar refractivity (Wildman–Crippen MR) is 84.3 cm³/mol. The Bertz CT molecular complexity index is 655. The molecule has 0 spiro atoms. The van der Waals surface area contributed by atoms with Crippen LogP contribution in [-0.2, 0) is 4.79 Å². The van der Waals surface area contributed by atoms with E-state index in [2.05, 4.69) is 22.6 Å². The Kier molecular flexibility index (Phi) is 5.21. The van der Waals surface area contributed by atoms with Crippen molar-refractivity contribution in [2.75, 3.05) is 13.1 Å². The summed E-state index contributed by atoms with van der Waals surface area (Å²) in [5.74, 6) is -0.153. The number of carbonyl (C=O) groups is 1. The Labute approximate surface area is 130 Å². The van der Waals surface area contributed by atoms with Crippen LogP contribution in [0.5, 0.6) is 0 Å². The van der Waals surface area contributed by atoms with Gasteiger partial charge in [-0.1, -0.05) is 18.7 Å². The van der Waals surface area contributed by atoms with Crippen LogP contribution in [0.4, 0.5) is 0 Å². The molecule has 2 rings (SSSR count). The molecule has 0 radical (unpaired) electrons. The van der Waals surface area contributed by atoms with Crippen LogP contribution in [0.25, 0.3) is 5.57 Å². The number of hydrogen-bond donors (Lipinski definition) is 0. The van der Waals surface area contributed by atoms with Crippen molar-refractivity contribution in [2.45, 2.75) is 13.3 Å². The van der Waals surface area contributed by atoms with E-state index < -0.39 is 0 Å². The van der Waals surface area contributed by atoms with Gasteiger partial charge >= 0.3 is 0 Å². The van der Waals surface area contributed by atoms with Gasteiger partial charge in [0.2, 0.25) is 0 Å². The SMILES string of the molecule is C=C/C=C\C(C(=O)N1CCC(C#N)C1)=C(/C)c1ccncn1. The minimum atomic E-state index is -0.0769. The number of nitriles is 1. The van der Waals surface area contributed by atoms with Crippen molar-refractivity contribution in [1.29, 1.82) is 5.26 Å². The molecular weight excluding hydrogens is 276 g/mol. The molecule has 0 saturated carbocycles. The third-order valence-electron chi connectivity index (χ3n) is 3.66. The Hall–Kier alpha value is -2.74. The molecule has 5 nitrogen and oxygen atoms in total. The lowest BCUT2D eigenvalue weighted by molar-refractivity contribution is -0.125. The maximum Gasteiger partial charge on any atom is 0.254 e. The van der Waals surface area contributed by atoms with Crippen molar-refractivity contribution in [3.8, 4) is 6.07 Å². The van der Waals surface area contributed by atoms with Gasteiger partial charge in [0.25, 0.3) is 5.91 Å². The summed E-state index contributed by atoms with van der Waals surface area (Å²) in [5.41, 5.74) is 2.06. The topological polar surface area (TPSA) is 69.9 Å². The first-order valence-electron chi connectivity index (χ1n) is 7.12. The molecule has 1 aliphatic heterocycles. The van der Waals surface area contributed by atoms with Crippen LogP contribution in [0.2, 0.25) is 0 Å². The zero-order valence-corrected chi connectivity index (χ0v) is 12.6. The van der Waals surface area contributed by atoms with Crippen LogP contribution in [-0.4, -0.2) is 33.9 Å². The molecule has 1 fully saturated rings. The fraction of sp³-hybridized carbons (Fsp3) is 0.294. The average Bonchev–Trinajstić information content (AvgIpc) is 3.04. The maximum absolute atomic E-state index is 12.8.